The molecule has 0 atom stereocenters. The molecule has 0 saturated heterocycles. The van der Waals surface area contributed by atoms with E-state index in [1.54, 1.807) is 0 Å². The summed E-state index contributed by atoms with van der Waals surface area (Å²) in [5.74, 6) is 0. The van der Waals surface area contributed by atoms with Crippen LogP contribution in [0.3, 0.4) is 0 Å². The van der Waals surface area contributed by atoms with Gasteiger partial charge in [-0.05, 0) is 0 Å². The number of carbonyl (C=O) groups is 1. The molecule has 0 aromatic carbocycles. The fourth-order valence-corrected chi connectivity index (χ4v) is 0.500. The summed E-state index contributed by atoms with van der Waals surface area (Å²) in [7, 11) is 0. The van der Waals surface area contributed by atoms with Gasteiger partial charge < -0.3 is 9.90 Å². The van der Waals surface area contributed by atoms with Crippen LogP contribution in [-0.2, 0) is 0 Å². The molecule has 3 heteroatoms. The van der Waals surface area contributed by atoms with Crippen LogP contribution in [0.25, 0.3) is 0 Å². The minimum Gasteiger partial charge on any atom is -0.534 e. The second-order valence-corrected chi connectivity index (χ2v) is 2.25. The molecule has 0 amide bonds. The van der Waals surface area contributed by atoms with Crippen LogP contribution in [0.4, 0.5) is 4.79 Å². The van der Waals surface area contributed by atoms with Crippen molar-refractivity contribution in [1.82, 2.24) is 0 Å². The second-order valence-electron chi connectivity index (χ2n) is 1.94. The monoisotopic (exact) mass is 165 g/mol. The van der Waals surface area contributed by atoms with Gasteiger partial charge in [0.25, 0.3) is 0 Å². The fraction of sp³-hybridized carbons (Fsp3) is 0.857. The summed E-state index contributed by atoms with van der Waals surface area (Å²) >= 11 is 4.08. The zero-order valence-electron chi connectivity index (χ0n) is 6.52. The third-order valence-electron chi connectivity index (χ3n) is 0.957. The fourth-order valence-electron chi connectivity index (χ4n) is 0.500. The molecule has 0 aliphatic rings. The second kappa shape index (κ2) is 11.5. The van der Waals surface area contributed by atoms with Crippen LogP contribution in [0.15, 0.2) is 0 Å². The van der Waals surface area contributed by atoms with E-state index in [1.165, 1.54) is 25.7 Å². The summed E-state index contributed by atoms with van der Waals surface area (Å²) in [6.07, 6.45) is 5.54. The third-order valence-corrected chi connectivity index (χ3v) is 0.957. The number of hydrogen-bond donors (Lipinski definition) is 0. The standard InChI is InChI=1S/C6H14.CHClO2/c1-3-5-6-4-2;2-1(3)4/h3-6H2,1-2H3;(H,3,4)/p-1. The van der Waals surface area contributed by atoms with Gasteiger partial charge in [-0.25, -0.2) is 0 Å². The molecule has 0 fully saturated rings. The molecule has 0 aliphatic heterocycles. The predicted molar refractivity (Wildman–Crippen MR) is 41.1 cm³/mol. The Hall–Kier alpha value is -0.240. The Bertz CT molecular complexity index is 66.0. The Labute approximate surface area is 67.2 Å². The van der Waals surface area contributed by atoms with Crippen molar-refractivity contribution < 1.29 is 9.90 Å². The molecule has 0 aliphatic carbocycles. The van der Waals surface area contributed by atoms with Crippen LogP contribution in [0.1, 0.15) is 39.5 Å². The molecular weight excluding hydrogens is 152 g/mol. The van der Waals surface area contributed by atoms with E-state index in [4.69, 9.17) is 9.90 Å². The molecule has 2 nitrogen and oxygen atoms in total. The van der Waals surface area contributed by atoms with E-state index in [9.17, 15) is 0 Å². The summed E-state index contributed by atoms with van der Waals surface area (Å²) in [4.78, 5) is 8.65. The van der Waals surface area contributed by atoms with Gasteiger partial charge in [-0.3, -0.25) is 0 Å². The average molecular weight is 166 g/mol. The van der Waals surface area contributed by atoms with Crippen LogP contribution >= 0.6 is 11.6 Å². The Morgan fingerprint density at radius 2 is 1.50 bits per heavy atom. The highest BCUT2D eigenvalue weighted by atomic mass is 35.5. The minimum absolute atomic E-state index is 1.36. The zero-order valence-corrected chi connectivity index (χ0v) is 7.28. The van der Waals surface area contributed by atoms with Crippen LogP contribution in [0.2, 0.25) is 0 Å². The van der Waals surface area contributed by atoms with Gasteiger partial charge in [0.15, 0.2) is 0 Å². The van der Waals surface area contributed by atoms with Crippen molar-refractivity contribution in [3.63, 3.8) is 0 Å². The molecule has 10 heavy (non-hydrogen) atoms. The lowest BCUT2D eigenvalue weighted by Gasteiger charge is -1.86. The molecule has 0 spiro atoms. The summed E-state index contributed by atoms with van der Waals surface area (Å²) in [6, 6.07) is 0. The highest BCUT2D eigenvalue weighted by molar-refractivity contribution is 6.59. The number of hydrogen-bond acceptors (Lipinski definition) is 2. The van der Waals surface area contributed by atoms with Gasteiger partial charge in [-0.2, -0.15) is 0 Å². The lowest BCUT2D eigenvalue weighted by Crippen LogP contribution is -2.11. The average Bonchev–Trinajstić information content (AvgIpc) is 1.82. The molecule has 0 aromatic rings. The summed E-state index contributed by atoms with van der Waals surface area (Å²) < 4.78 is 0. The maximum Gasteiger partial charge on any atom is 0.134 e. The van der Waals surface area contributed by atoms with Crippen LogP contribution in [0, 0.1) is 0 Å². The summed E-state index contributed by atoms with van der Waals surface area (Å²) in [6.45, 7) is 4.46. The van der Waals surface area contributed by atoms with Gasteiger partial charge in [0.1, 0.15) is 5.43 Å². The van der Waals surface area contributed by atoms with Gasteiger partial charge in [-0.1, -0.05) is 51.1 Å². The molecular formula is C7H14ClO2-. The number of rotatable bonds is 3. The van der Waals surface area contributed by atoms with Crippen molar-refractivity contribution in [2.75, 3.05) is 0 Å². The van der Waals surface area contributed by atoms with E-state index in [2.05, 4.69) is 25.4 Å². The number of unbranched alkanes of at least 4 members (excludes halogenated alkanes) is 3. The van der Waals surface area contributed by atoms with Crippen LogP contribution in [0.5, 0.6) is 0 Å². The Morgan fingerprint density at radius 3 is 1.60 bits per heavy atom. The molecule has 0 N–H and O–H groups in total. The maximum atomic E-state index is 8.65. The summed E-state index contributed by atoms with van der Waals surface area (Å²) in [5, 5.41) is 8.65. The quantitative estimate of drug-likeness (QED) is 0.475. The molecule has 0 radical (unpaired) electrons. The lowest BCUT2D eigenvalue weighted by atomic mass is 10.2. The highest BCUT2D eigenvalue weighted by Crippen LogP contribution is 1.95. The van der Waals surface area contributed by atoms with E-state index in [1.807, 2.05) is 0 Å². The molecule has 0 unspecified atom stereocenters. The number of carboxylic acid groups (broad SMARTS) is 1. The first-order chi connectivity index (χ1) is 4.65. The lowest BCUT2D eigenvalue weighted by molar-refractivity contribution is -0.233. The third kappa shape index (κ3) is 46.6. The van der Waals surface area contributed by atoms with E-state index < -0.39 is 5.43 Å². The molecule has 0 saturated carbocycles. The zero-order chi connectivity index (χ0) is 8.41. The van der Waals surface area contributed by atoms with E-state index in [0.717, 1.165) is 0 Å². The predicted octanol–water partition coefficient (Wildman–Crippen LogP) is 2.16. The van der Waals surface area contributed by atoms with Crippen molar-refractivity contribution in [2.45, 2.75) is 39.5 Å². The van der Waals surface area contributed by atoms with Crippen LogP contribution < -0.4 is 5.11 Å². The van der Waals surface area contributed by atoms with Gasteiger partial charge in [0.05, 0.1) is 0 Å². The molecule has 0 rings (SSSR count). The van der Waals surface area contributed by atoms with E-state index >= 15 is 0 Å². The first kappa shape index (κ1) is 12.4. The first-order valence-corrected chi connectivity index (χ1v) is 3.89. The largest absolute Gasteiger partial charge is 0.534 e. The van der Waals surface area contributed by atoms with Gasteiger partial charge >= 0.3 is 0 Å². The summed E-state index contributed by atoms with van der Waals surface area (Å²) in [5.41, 5.74) is -1.61. The van der Waals surface area contributed by atoms with Gasteiger partial charge in [0, 0.05) is 0 Å². The van der Waals surface area contributed by atoms with Crippen molar-refractivity contribution >= 4 is 17.0 Å². The molecule has 62 valence electrons. The van der Waals surface area contributed by atoms with Gasteiger partial charge in [-0.15, -0.1) is 0 Å². The minimum atomic E-state index is -1.61. The topological polar surface area (TPSA) is 40.1 Å². The van der Waals surface area contributed by atoms with Crippen molar-refractivity contribution in [2.24, 2.45) is 0 Å². The van der Waals surface area contributed by atoms with Gasteiger partial charge in [0.2, 0.25) is 0 Å². The van der Waals surface area contributed by atoms with E-state index in [-0.39, 0.29) is 0 Å². The van der Waals surface area contributed by atoms with Crippen molar-refractivity contribution in [3.8, 4) is 0 Å². The van der Waals surface area contributed by atoms with E-state index in [0.29, 0.717) is 0 Å². The van der Waals surface area contributed by atoms with Crippen molar-refractivity contribution in [1.29, 1.82) is 0 Å². The highest BCUT2D eigenvalue weighted by Gasteiger charge is 1.75. The number of halogens is 1. The van der Waals surface area contributed by atoms with Crippen LogP contribution in [-0.4, -0.2) is 5.43 Å². The Balaban J connectivity index is 0. The SMILES string of the molecule is CCCCCC.O=C([O-])Cl. The molecule has 0 heterocycles. The van der Waals surface area contributed by atoms with Crippen molar-refractivity contribution in [3.05, 3.63) is 0 Å². The molecule has 0 bridgehead atoms. The Morgan fingerprint density at radius 1 is 1.30 bits per heavy atom. The molecule has 0 aromatic heterocycles. The number of carbonyl (C=O) groups excluding carboxylic acids is 1. The maximum absolute atomic E-state index is 8.65. The normalized spacial score (nSPS) is 7.90. The smallest absolute Gasteiger partial charge is 0.134 e. The first-order valence-electron chi connectivity index (χ1n) is 3.51. The Kier molecular flexibility index (Phi) is 14.4.